The summed E-state index contributed by atoms with van der Waals surface area (Å²) in [6.45, 7) is 0.0196. The van der Waals surface area contributed by atoms with Gasteiger partial charge in [-0.1, -0.05) is 35.5 Å². The van der Waals surface area contributed by atoms with Crippen LogP contribution in [0, 0.1) is 0 Å². The lowest BCUT2D eigenvalue weighted by atomic mass is 10.2. The molecular formula is C15H11N3O3. The lowest BCUT2D eigenvalue weighted by Crippen LogP contribution is -2.07. The van der Waals surface area contributed by atoms with E-state index in [0.717, 1.165) is 5.56 Å². The van der Waals surface area contributed by atoms with Crippen molar-refractivity contribution in [3.05, 3.63) is 66.4 Å². The fourth-order valence-corrected chi connectivity index (χ4v) is 1.74. The van der Waals surface area contributed by atoms with Crippen molar-refractivity contribution in [2.24, 2.45) is 0 Å². The van der Waals surface area contributed by atoms with Gasteiger partial charge in [0.1, 0.15) is 12.3 Å². The van der Waals surface area contributed by atoms with Gasteiger partial charge in [0, 0.05) is 24.0 Å². The lowest BCUT2D eigenvalue weighted by Gasteiger charge is -2.00. The van der Waals surface area contributed by atoms with Gasteiger partial charge in [-0.2, -0.15) is 0 Å². The van der Waals surface area contributed by atoms with Gasteiger partial charge in [0.15, 0.2) is 11.5 Å². The highest BCUT2D eigenvalue weighted by molar-refractivity contribution is 5.86. The van der Waals surface area contributed by atoms with Gasteiger partial charge in [-0.25, -0.2) is 9.78 Å². The molecule has 3 aromatic rings. The van der Waals surface area contributed by atoms with E-state index in [0.29, 0.717) is 11.5 Å². The molecule has 6 heteroatoms. The summed E-state index contributed by atoms with van der Waals surface area (Å²) in [6, 6.07) is 11.3. The third kappa shape index (κ3) is 3.11. The molecule has 104 valence electrons. The zero-order valence-corrected chi connectivity index (χ0v) is 11.0. The zero-order valence-electron chi connectivity index (χ0n) is 11.0. The summed E-state index contributed by atoms with van der Waals surface area (Å²) in [5.41, 5.74) is 1.60. The molecule has 0 amide bonds. The molecule has 21 heavy (non-hydrogen) atoms. The van der Waals surface area contributed by atoms with Gasteiger partial charge < -0.3 is 9.26 Å². The van der Waals surface area contributed by atoms with Crippen LogP contribution in [0.5, 0.6) is 0 Å². The fourth-order valence-electron chi connectivity index (χ4n) is 1.74. The molecule has 0 unspecified atom stereocenters. The average Bonchev–Trinajstić information content (AvgIpc) is 3.03. The van der Waals surface area contributed by atoms with Crippen LogP contribution >= 0.6 is 0 Å². The van der Waals surface area contributed by atoms with Gasteiger partial charge in [0.25, 0.3) is 0 Å². The number of ether oxygens (including phenoxy) is 1. The number of esters is 1. The molecule has 0 aliphatic heterocycles. The Hall–Kier alpha value is -3.02. The molecule has 2 aromatic heterocycles. The van der Waals surface area contributed by atoms with Crippen LogP contribution < -0.4 is 0 Å². The van der Waals surface area contributed by atoms with E-state index in [9.17, 15) is 4.79 Å². The molecule has 6 nitrogen and oxygen atoms in total. The molecule has 0 aliphatic carbocycles. The Morgan fingerprint density at radius 2 is 2.05 bits per heavy atom. The fraction of sp³-hybridized carbons (Fsp3) is 0.0667. The van der Waals surface area contributed by atoms with Crippen molar-refractivity contribution >= 4 is 5.97 Å². The first-order valence-corrected chi connectivity index (χ1v) is 6.27. The maximum absolute atomic E-state index is 11.7. The van der Waals surface area contributed by atoms with Crippen molar-refractivity contribution in [1.82, 2.24) is 15.1 Å². The summed E-state index contributed by atoms with van der Waals surface area (Å²) in [5.74, 6) is 0.0773. The molecular weight excluding hydrogens is 270 g/mol. The number of carbonyl (C=O) groups is 1. The van der Waals surface area contributed by atoms with Crippen molar-refractivity contribution in [2.75, 3.05) is 0 Å². The van der Waals surface area contributed by atoms with Crippen molar-refractivity contribution in [1.29, 1.82) is 0 Å². The Morgan fingerprint density at radius 1 is 1.19 bits per heavy atom. The number of nitrogens with zero attached hydrogens (tertiary/aromatic N) is 3. The molecule has 0 radical (unpaired) electrons. The molecule has 0 bridgehead atoms. The van der Waals surface area contributed by atoms with Crippen molar-refractivity contribution in [3.63, 3.8) is 0 Å². The summed E-state index contributed by atoms with van der Waals surface area (Å²) in [5, 5.41) is 3.87. The number of hydrogen-bond donors (Lipinski definition) is 0. The van der Waals surface area contributed by atoms with Crippen LogP contribution in [0.3, 0.4) is 0 Å². The molecule has 0 saturated carbocycles. The summed E-state index contributed by atoms with van der Waals surface area (Å²) in [4.78, 5) is 19.4. The first-order valence-electron chi connectivity index (χ1n) is 6.27. The first-order chi connectivity index (χ1) is 10.3. The van der Waals surface area contributed by atoms with Gasteiger partial charge in [-0.15, -0.1) is 0 Å². The molecule has 0 spiro atoms. The van der Waals surface area contributed by atoms with Crippen molar-refractivity contribution < 1.29 is 14.1 Å². The van der Waals surface area contributed by atoms with Crippen LogP contribution in [0.25, 0.3) is 11.3 Å². The van der Waals surface area contributed by atoms with E-state index in [4.69, 9.17) is 9.26 Å². The van der Waals surface area contributed by atoms with E-state index in [2.05, 4.69) is 15.1 Å². The van der Waals surface area contributed by atoms with Gasteiger partial charge in [-0.05, 0) is 0 Å². The van der Waals surface area contributed by atoms with Gasteiger partial charge >= 0.3 is 5.97 Å². The largest absolute Gasteiger partial charge is 0.454 e. The van der Waals surface area contributed by atoms with E-state index in [1.807, 2.05) is 30.3 Å². The molecule has 0 N–H and O–H groups in total. The highest BCUT2D eigenvalue weighted by Crippen LogP contribution is 2.20. The van der Waals surface area contributed by atoms with E-state index in [1.165, 1.54) is 18.6 Å². The van der Waals surface area contributed by atoms with E-state index in [-0.39, 0.29) is 12.3 Å². The smallest absolute Gasteiger partial charge is 0.358 e. The van der Waals surface area contributed by atoms with Gasteiger partial charge in [0.2, 0.25) is 0 Å². The maximum Gasteiger partial charge on any atom is 0.358 e. The monoisotopic (exact) mass is 281 g/mol. The first kappa shape index (κ1) is 13.0. The van der Waals surface area contributed by atoms with Crippen molar-refractivity contribution in [3.8, 4) is 11.3 Å². The second kappa shape index (κ2) is 5.96. The van der Waals surface area contributed by atoms with Gasteiger partial charge in [0.05, 0.1) is 6.20 Å². The summed E-state index contributed by atoms with van der Waals surface area (Å²) >= 11 is 0. The number of aromatic nitrogens is 3. The minimum absolute atomic E-state index is 0.0196. The summed E-state index contributed by atoms with van der Waals surface area (Å²) < 4.78 is 10.3. The number of carbonyl (C=O) groups excluding carboxylic acids is 1. The normalized spacial score (nSPS) is 10.3. The number of benzene rings is 1. The highest BCUT2D eigenvalue weighted by atomic mass is 16.5. The van der Waals surface area contributed by atoms with E-state index in [1.54, 1.807) is 6.07 Å². The van der Waals surface area contributed by atoms with Crippen LogP contribution in [0.2, 0.25) is 0 Å². The van der Waals surface area contributed by atoms with E-state index < -0.39 is 5.97 Å². The van der Waals surface area contributed by atoms with Gasteiger partial charge in [-0.3, -0.25) is 4.98 Å². The Morgan fingerprint density at radius 3 is 2.81 bits per heavy atom. The predicted octanol–water partition coefficient (Wildman–Crippen LogP) is 2.49. The zero-order chi connectivity index (χ0) is 14.5. The van der Waals surface area contributed by atoms with Crippen molar-refractivity contribution in [2.45, 2.75) is 6.61 Å². The van der Waals surface area contributed by atoms with E-state index >= 15 is 0 Å². The third-order valence-corrected chi connectivity index (χ3v) is 2.74. The minimum Gasteiger partial charge on any atom is -0.454 e. The maximum atomic E-state index is 11.7. The van der Waals surface area contributed by atoms with Crippen LogP contribution in [-0.2, 0) is 11.3 Å². The Kier molecular flexibility index (Phi) is 3.68. The van der Waals surface area contributed by atoms with Crippen LogP contribution in [0.15, 0.2) is 59.5 Å². The minimum atomic E-state index is -0.549. The Bertz CT molecular complexity index is 726. The molecule has 0 atom stereocenters. The SMILES string of the molecule is O=C(OCc1cc(-c2ccccc2)on1)c1cnccn1. The molecule has 0 fully saturated rings. The molecule has 2 heterocycles. The topological polar surface area (TPSA) is 78.1 Å². The molecule has 1 aromatic carbocycles. The Balaban J connectivity index is 1.64. The second-order valence-electron chi connectivity index (χ2n) is 4.22. The molecule has 3 rings (SSSR count). The number of hydrogen-bond acceptors (Lipinski definition) is 6. The predicted molar refractivity (Wildman–Crippen MR) is 73.1 cm³/mol. The summed E-state index contributed by atoms with van der Waals surface area (Å²) in [7, 11) is 0. The second-order valence-corrected chi connectivity index (χ2v) is 4.22. The quantitative estimate of drug-likeness (QED) is 0.684. The standard InChI is InChI=1S/C15H11N3O3/c19-15(13-9-16-6-7-17-13)20-10-12-8-14(21-18-12)11-4-2-1-3-5-11/h1-9H,10H2. The van der Waals surface area contributed by atoms with Crippen LogP contribution in [0.1, 0.15) is 16.2 Å². The summed E-state index contributed by atoms with van der Waals surface area (Å²) in [6.07, 6.45) is 4.27. The Labute approximate surface area is 120 Å². The third-order valence-electron chi connectivity index (χ3n) is 2.74. The highest BCUT2D eigenvalue weighted by Gasteiger charge is 2.11. The van der Waals surface area contributed by atoms with Crippen LogP contribution in [-0.4, -0.2) is 21.1 Å². The number of rotatable bonds is 4. The average molecular weight is 281 g/mol. The molecule has 0 saturated heterocycles. The molecule has 0 aliphatic rings. The lowest BCUT2D eigenvalue weighted by molar-refractivity contribution is 0.0457. The van der Waals surface area contributed by atoms with Crippen LogP contribution in [0.4, 0.5) is 0 Å².